The summed E-state index contributed by atoms with van der Waals surface area (Å²) in [5.41, 5.74) is 1.75. The number of likely N-dealkylation sites (tertiary alicyclic amines) is 1. The van der Waals surface area contributed by atoms with Gasteiger partial charge in [0.1, 0.15) is 0 Å². The number of nitrogens with zero attached hydrogens (tertiary/aromatic N) is 2. The Morgan fingerprint density at radius 1 is 1.00 bits per heavy atom. The quantitative estimate of drug-likeness (QED) is 0.645. The molecule has 0 spiro atoms. The third-order valence-corrected chi connectivity index (χ3v) is 5.73. The number of hydrogen-bond acceptors (Lipinski definition) is 2. The minimum absolute atomic E-state index is 0.0343. The monoisotopic (exact) mass is 404 g/mol. The molecule has 27 heavy (non-hydrogen) atoms. The van der Waals surface area contributed by atoms with Crippen molar-refractivity contribution in [1.29, 1.82) is 0 Å². The van der Waals surface area contributed by atoms with Crippen LogP contribution in [-0.4, -0.2) is 41.9 Å². The van der Waals surface area contributed by atoms with Crippen LogP contribution in [0.3, 0.4) is 0 Å². The van der Waals surface area contributed by atoms with E-state index in [1.807, 2.05) is 29.2 Å². The van der Waals surface area contributed by atoms with Gasteiger partial charge >= 0.3 is 0 Å². The molecule has 1 fully saturated rings. The van der Waals surface area contributed by atoms with Crippen LogP contribution in [0.25, 0.3) is 0 Å². The minimum atomic E-state index is 0.0343. The van der Waals surface area contributed by atoms with Crippen LogP contribution >= 0.6 is 23.2 Å². The zero-order valence-electron chi connectivity index (χ0n) is 15.7. The smallest absolute Gasteiger partial charge is 0.254 e. The van der Waals surface area contributed by atoms with E-state index < -0.39 is 0 Å². The van der Waals surface area contributed by atoms with Crippen LogP contribution < -0.4 is 0 Å². The average Bonchev–Trinajstić information content (AvgIpc) is 2.68. The number of piperidine rings is 1. The van der Waals surface area contributed by atoms with Crippen molar-refractivity contribution in [2.24, 2.45) is 5.92 Å². The van der Waals surface area contributed by atoms with E-state index in [2.05, 4.69) is 11.8 Å². The number of hydrogen-bond donors (Lipinski definition) is 0. The van der Waals surface area contributed by atoms with E-state index in [4.69, 9.17) is 23.2 Å². The predicted molar refractivity (Wildman–Crippen MR) is 112 cm³/mol. The van der Waals surface area contributed by atoms with Crippen molar-refractivity contribution in [3.05, 3.63) is 69.7 Å². The summed E-state index contributed by atoms with van der Waals surface area (Å²) < 4.78 is 0. The van der Waals surface area contributed by atoms with E-state index >= 15 is 0 Å². The normalized spacial score (nSPS) is 15.7. The van der Waals surface area contributed by atoms with Gasteiger partial charge in [-0.25, -0.2) is 0 Å². The van der Waals surface area contributed by atoms with Crippen molar-refractivity contribution < 1.29 is 4.79 Å². The fourth-order valence-electron chi connectivity index (χ4n) is 3.39. The van der Waals surface area contributed by atoms with E-state index in [0.717, 1.165) is 31.1 Å². The summed E-state index contributed by atoms with van der Waals surface area (Å²) in [6, 6.07) is 14.8. The minimum Gasteiger partial charge on any atom is -0.333 e. The van der Waals surface area contributed by atoms with Crippen LogP contribution in [-0.2, 0) is 6.54 Å². The van der Waals surface area contributed by atoms with Gasteiger partial charge in [0, 0.05) is 35.2 Å². The van der Waals surface area contributed by atoms with Gasteiger partial charge in [0.05, 0.1) is 0 Å². The molecule has 5 heteroatoms. The van der Waals surface area contributed by atoms with Gasteiger partial charge in [-0.2, -0.15) is 0 Å². The highest BCUT2D eigenvalue weighted by atomic mass is 35.5. The van der Waals surface area contributed by atoms with Crippen LogP contribution in [0, 0.1) is 5.92 Å². The maximum absolute atomic E-state index is 13.1. The lowest BCUT2D eigenvalue weighted by atomic mass is 9.99. The Hall–Kier alpha value is -1.55. The predicted octanol–water partition coefficient (Wildman–Crippen LogP) is 5.37. The van der Waals surface area contributed by atoms with E-state index in [0.29, 0.717) is 28.7 Å². The largest absolute Gasteiger partial charge is 0.333 e. The lowest BCUT2D eigenvalue weighted by molar-refractivity contribution is 0.0709. The molecule has 0 N–H and O–H groups in total. The summed E-state index contributed by atoms with van der Waals surface area (Å²) in [6.07, 6.45) is 2.48. The third kappa shape index (κ3) is 5.97. The van der Waals surface area contributed by atoms with E-state index in [9.17, 15) is 4.79 Å². The van der Waals surface area contributed by atoms with Gasteiger partial charge in [-0.1, -0.05) is 42.3 Å². The summed E-state index contributed by atoms with van der Waals surface area (Å²) in [5.74, 6) is 0.842. The molecule has 0 aliphatic carbocycles. The number of carbonyl (C=O) groups excluding carboxylic acids is 1. The second kappa shape index (κ2) is 9.59. The lowest BCUT2D eigenvalue weighted by Gasteiger charge is -2.32. The van der Waals surface area contributed by atoms with Gasteiger partial charge in [-0.3, -0.25) is 4.79 Å². The second-order valence-corrected chi connectivity index (χ2v) is 8.26. The van der Waals surface area contributed by atoms with Gasteiger partial charge in [0.15, 0.2) is 0 Å². The molecular formula is C22H26Cl2N2O. The highest BCUT2D eigenvalue weighted by Gasteiger charge is 2.20. The standard InChI is InChI=1S/C22H26Cl2N2O/c1-17-10-12-25(13-11-17)14-15-26(16-18-2-6-20(23)7-3-18)22(27)19-4-8-21(24)9-5-19/h2-9,17H,10-16H2,1H3. The molecule has 0 atom stereocenters. The Morgan fingerprint density at radius 2 is 1.56 bits per heavy atom. The molecule has 2 aromatic carbocycles. The molecule has 1 saturated heterocycles. The summed E-state index contributed by atoms with van der Waals surface area (Å²) in [4.78, 5) is 17.5. The van der Waals surface area contributed by atoms with Crippen LogP contribution in [0.15, 0.2) is 48.5 Å². The molecule has 3 nitrogen and oxygen atoms in total. The topological polar surface area (TPSA) is 23.6 Å². The first-order chi connectivity index (χ1) is 13.0. The van der Waals surface area contributed by atoms with Crippen molar-refractivity contribution in [3.8, 4) is 0 Å². The molecule has 0 bridgehead atoms. The molecule has 3 rings (SSSR count). The fourth-order valence-corrected chi connectivity index (χ4v) is 3.64. The highest BCUT2D eigenvalue weighted by Crippen LogP contribution is 2.18. The van der Waals surface area contributed by atoms with Crippen molar-refractivity contribution in [3.63, 3.8) is 0 Å². The number of benzene rings is 2. The zero-order chi connectivity index (χ0) is 19.2. The van der Waals surface area contributed by atoms with Gasteiger partial charge in [-0.15, -0.1) is 0 Å². The first kappa shape index (κ1) is 20.2. The molecule has 0 aromatic heterocycles. The van der Waals surface area contributed by atoms with E-state index in [1.54, 1.807) is 24.3 Å². The van der Waals surface area contributed by atoms with Crippen LogP contribution in [0.1, 0.15) is 35.7 Å². The summed E-state index contributed by atoms with van der Waals surface area (Å²) in [5, 5.41) is 1.34. The number of halogens is 2. The van der Waals surface area contributed by atoms with Crippen LogP contribution in [0.4, 0.5) is 0 Å². The van der Waals surface area contributed by atoms with E-state index in [1.165, 1.54) is 12.8 Å². The van der Waals surface area contributed by atoms with Gasteiger partial charge in [0.2, 0.25) is 0 Å². The Kier molecular flexibility index (Phi) is 7.17. The number of carbonyl (C=O) groups is 1. The van der Waals surface area contributed by atoms with Gasteiger partial charge in [0.25, 0.3) is 5.91 Å². The van der Waals surface area contributed by atoms with Crippen LogP contribution in [0.2, 0.25) is 10.0 Å². The molecular weight excluding hydrogens is 379 g/mol. The van der Waals surface area contributed by atoms with Crippen molar-refractivity contribution in [2.75, 3.05) is 26.2 Å². The molecule has 0 radical (unpaired) electrons. The summed E-state index contributed by atoms with van der Waals surface area (Å²) in [7, 11) is 0. The molecule has 144 valence electrons. The fraction of sp³-hybridized carbons (Fsp3) is 0.409. The van der Waals surface area contributed by atoms with Crippen molar-refractivity contribution in [1.82, 2.24) is 9.80 Å². The Morgan fingerprint density at radius 3 is 2.15 bits per heavy atom. The highest BCUT2D eigenvalue weighted by molar-refractivity contribution is 6.30. The SMILES string of the molecule is CC1CCN(CCN(Cc2ccc(Cl)cc2)C(=O)c2ccc(Cl)cc2)CC1. The second-order valence-electron chi connectivity index (χ2n) is 7.38. The van der Waals surface area contributed by atoms with Crippen LogP contribution in [0.5, 0.6) is 0 Å². The summed E-state index contributed by atoms with van der Waals surface area (Å²) in [6.45, 7) is 6.73. The Balaban J connectivity index is 1.70. The molecule has 1 heterocycles. The first-order valence-electron chi connectivity index (χ1n) is 9.53. The molecule has 0 unspecified atom stereocenters. The molecule has 1 aliphatic heterocycles. The molecule has 1 amide bonds. The molecule has 2 aromatic rings. The first-order valence-corrected chi connectivity index (χ1v) is 10.3. The number of amides is 1. The Labute approximate surface area is 171 Å². The van der Waals surface area contributed by atoms with Crippen molar-refractivity contribution in [2.45, 2.75) is 26.3 Å². The lowest BCUT2D eigenvalue weighted by Crippen LogP contribution is -2.41. The maximum Gasteiger partial charge on any atom is 0.254 e. The average molecular weight is 405 g/mol. The van der Waals surface area contributed by atoms with Gasteiger partial charge in [-0.05, 0) is 73.8 Å². The zero-order valence-corrected chi connectivity index (χ0v) is 17.2. The van der Waals surface area contributed by atoms with Gasteiger partial charge < -0.3 is 9.80 Å². The van der Waals surface area contributed by atoms with Crippen molar-refractivity contribution >= 4 is 29.1 Å². The maximum atomic E-state index is 13.1. The summed E-state index contributed by atoms with van der Waals surface area (Å²) >= 11 is 12.0. The third-order valence-electron chi connectivity index (χ3n) is 5.23. The molecule has 1 aliphatic rings. The molecule has 0 saturated carbocycles. The number of rotatable bonds is 6. The Bertz CT molecular complexity index is 738. The van der Waals surface area contributed by atoms with E-state index in [-0.39, 0.29) is 5.91 Å².